The van der Waals surface area contributed by atoms with Crippen molar-refractivity contribution in [2.45, 2.75) is 19.1 Å². The zero-order valence-electron chi connectivity index (χ0n) is 10.4. The highest BCUT2D eigenvalue weighted by atomic mass is 19.1. The van der Waals surface area contributed by atoms with Crippen LogP contribution in [0, 0.1) is 11.6 Å². The number of halogens is 2. The van der Waals surface area contributed by atoms with Crippen LogP contribution in [0.25, 0.3) is 0 Å². The number of aliphatic hydroxyl groups is 1. The van der Waals surface area contributed by atoms with E-state index in [0.717, 1.165) is 6.07 Å². The number of morpholine rings is 1. The highest BCUT2D eigenvalue weighted by Gasteiger charge is 2.29. The Labute approximate surface area is 109 Å². The maximum Gasteiger partial charge on any atom is 0.178 e. The van der Waals surface area contributed by atoms with E-state index in [9.17, 15) is 8.78 Å². The van der Waals surface area contributed by atoms with Gasteiger partial charge in [-0.3, -0.25) is 0 Å². The van der Waals surface area contributed by atoms with Gasteiger partial charge in [-0.05, 0) is 6.92 Å². The molecule has 0 amide bonds. The van der Waals surface area contributed by atoms with Crippen LogP contribution in [0.4, 0.5) is 20.4 Å². The summed E-state index contributed by atoms with van der Waals surface area (Å²) in [6, 6.07) is 0.592. The standard InChI is InChI=1S/C11H16F2N4O2/c1-6-5-19-7(4-18)3-17(6)11-9(13)2-8(12)10(15-11)16-14/h2,6-7,18H,3-5,14H2,1H3,(H,15,16). The minimum atomic E-state index is -0.858. The summed E-state index contributed by atoms with van der Waals surface area (Å²) >= 11 is 0. The fraction of sp³-hybridized carbons (Fsp3) is 0.545. The Kier molecular flexibility index (Phi) is 4.13. The third kappa shape index (κ3) is 2.75. The molecule has 0 bridgehead atoms. The van der Waals surface area contributed by atoms with Crippen LogP contribution in [0.1, 0.15) is 6.92 Å². The number of pyridine rings is 1. The molecule has 1 aromatic heterocycles. The number of nitrogens with zero attached hydrogens (tertiary/aromatic N) is 2. The van der Waals surface area contributed by atoms with Crippen LogP contribution in [-0.2, 0) is 4.74 Å². The van der Waals surface area contributed by atoms with Crippen molar-refractivity contribution in [3.8, 4) is 0 Å². The molecule has 8 heteroatoms. The molecule has 106 valence electrons. The summed E-state index contributed by atoms with van der Waals surface area (Å²) in [4.78, 5) is 5.46. The second-order valence-electron chi connectivity index (χ2n) is 4.41. The SMILES string of the molecule is CC1COC(CO)CN1c1nc(NN)c(F)cc1F. The second kappa shape index (κ2) is 5.64. The molecule has 0 aliphatic carbocycles. The maximum absolute atomic E-state index is 13.8. The molecule has 2 rings (SSSR count). The zero-order valence-corrected chi connectivity index (χ0v) is 10.4. The van der Waals surface area contributed by atoms with E-state index in [1.54, 1.807) is 4.90 Å². The maximum atomic E-state index is 13.8. The van der Waals surface area contributed by atoms with Crippen LogP contribution in [0.2, 0.25) is 0 Å². The highest BCUT2D eigenvalue weighted by molar-refractivity contribution is 5.49. The topological polar surface area (TPSA) is 83.6 Å². The normalized spacial score (nSPS) is 23.5. The van der Waals surface area contributed by atoms with Gasteiger partial charge >= 0.3 is 0 Å². The molecule has 1 fully saturated rings. The van der Waals surface area contributed by atoms with Gasteiger partial charge in [0.15, 0.2) is 23.3 Å². The van der Waals surface area contributed by atoms with Crippen molar-refractivity contribution in [1.29, 1.82) is 0 Å². The number of nitrogen functional groups attached to an aromatic ring is 1. The van der Waals surface area contributed by atoms with E-state index in [4.69, 9.17) is 15.7 Å². The molecule has 2 unspecified atom stereocenters. The van der Waals surface area contributed by atoms with Gasteiger partial charge < -0.3 is 20.2 Å². The smallest absolute Gasteiger partial charge is 0.178 e. The monoisotopic (exact) mass is 274 g/mol. The van der Waals surface area contributed by atoms with Gasteiger partial charge in [0.05, 0.1) is 25.4 Å². The van der Waals surface area contributed by atoms with Crippen LogP contribution in [-0.4, -0.2) is 42.0 Å². The summed E-state index contributed by atoms with van der Waals surface area (Å²) in [5, 5.41) is 9.10. The molecule has 2 heterocycles. The van der Waals surface area contributed by atoms with Crippen LogP contribution in [0.3, 0.4) is 0 Å². The first-order valence-electron chi connectivity index (χ1n) is 5.88. The molecular weight excluding hydrogens is 258 g/mol. The van der Waals surface area contributed by atoms with E-state index < -0.39 is 17.7 Å². The average molecular weight is 274 g/mol. The van der Waals surface area contributed by atoms with Gasteiger partial charge in [0.25, 0.3) is 0 Å². The van der Waals surface area contributed by atoms with E-state index in [2.05, 4.69) is 10.4 Å². The molecular formula is C11H16F2N4O2. The molecule has 2 atom stereocenters. The largest absolute Gasteiger partial charge is 0.394 e. The van der Waals surface area contributed by atoms with Crippen molar-refractivity contribution < 1.29 is 18.6 Å². The summed E-state index contributed by atoms with van der Waals surface area (Å²) < 4.78 is 32.5. The first-order valence-corrected chi connectivity index (χ1v) is 5.88. The minimum Gasteiger partial charge on any atom is -0.394 e. The van der Waals surface area contributed by atoms with Gasteiger partial charge in [0, 0.05) is 12.6 Å². The van der Waals surface area contributed by atoms with Crippen LogP contribution in [0.15, 0.2) is 6.07 Å². The number of anilines is 2. The van der Waals surface area contributed by atoms with Crippen LogP contribution in [0.5, 0.6) is 0 Å². The number of hydrogen-bond donors (Lipinski definition) is 3. The van der Waals surface area contributed by atoms with Crippen molar-refractivity contribution in [3.05, 3.63) is 17.7 Å². The molecule has 1 aliphatic heterocycles. The van der Waals surface area contributed by atoms with E-state index >= 15 is 0 Å². The van der Waals surface area contributed by atoms with E-state index in [-0.39, 0.29) is 30.8 Å². The molecule has 0 saturated carbocycles. The summed E-state index contributed by atoms with van der Waals surface area (Å²) in [6.45, 7) is 2.26. The average Bonchev–Trinajstić information content (AvgIpc) is 2.40. The third-order valence-electron chi connectivity index (χ3n) is 3.03. The number of hydrogen-bond acceptors (Lipinski definition) is 6. The van der Waals surface area contributed by atoms with Crippen molar-refractivity contribution in [1.82, 2.24) is 4.98 Å². The molecule has 19 heavy (non-hydrogen) atoms. The van der Waals surface area contributed by atoms with Gasteiger partial charge in [0.1, 0.15) is 0 Å². The highest BCUT2D eigenvalue weighted by Crippen LogP contribution is 2.26. The van der Waals surface area contributed by atoms with Gasteiger partial charge in [-0.15, -0.1) is 0 Å². The molecule has 0 spiro atoms. The Morgan fingerprint density at radius 2 is 2.32 bits per heavy atom. The number of hydrazine groups is 1. The van der Waals surface area contributed by atoms with Crippen LogP contribution >= 0.6 is 0 Å². The summed E-state index contributed by atoms with van der Waals surface area (Å²) in [7, 11) is 0. The van der Waals surface area contributed by atoms with Gasteiger partial charge in [-0.25, -0.2) is 19.6 Å². The Morgan fingerprint density at radius 3 is 2.95 bits per heavy atom. The first-order chi connectivity index (χ1) is 9.06. The fourth-order valence-electron chi connectivity index (χ4n) is 1.98. The van der Waals surface area contributed by atoms with Crippen molar-refractivity contribution >= 4 is 11.6 Å². The van der Waals surface area contributed by atoms with Crippen molar-refractivity contribution in [2.24, 2.45) is 5.84 Å². The van der Waals surface area contributed by atoms with Crippen LogP contribution < -0.4 is 16.2 Å². The molecule has 1 aliphatic rings. The molecule has 0 radical (unpaired) electrons. The summed E-state index contributed by atoms with van der Waals surface area (Å²) in [6.07, 6.45) is -0.420. The number of aliphatic hydroxyl groups excluding tert-OH is 1. The zero-order chi connectivity index (χ0) is 14.0. The number of nitrogens with two attached hydrogens (primary N) is 1. The Balaban J connectivity index is 2.33. The Hall–Kier alpha value is -1.51. The van der Waals surface area contributed by atoms with E-state index in [1.807, 2.05) is 6.92 Å². The second-order valence-corrected chi connectivity index (χ2v) is 4.41. The van der Waals surface area contributed by atoms with Crippen molar-refractivity contribution in [2.75, 3.05) is 30.1 Å². The Morgan fingerprint density at radius 1 is 1.58 bits per heavy atom. The van der Waals surface area contributed by atoms with Gasteiger partial charge in [-0.2, -0.15) is 0 Å². The summed E-state index contributed by atoms with van der Waals surface area (Å²) in [5.74, 6) is 3.26. The number of nitrogens with one attached hydrogen (secondary N) is 1. The molecule has 6 nitrogen and oxygen atoms in total. The quantitative estimate of drug-likeness (QED) is 0.540. The van der Waals surface area contributed by atoms with Gasteiger partial charge in [0.2, 0.25) is 0 Å². The first kappa shape index (κ1) is 13.9. The third-order valence-corrected chi connectivity index (χ3v) is 3.03. The summed E-state index contributed by atoms with van der Waals surface area (Å²) in [5.41, 5.74) is 2.08. The predicted octanol–water partition coefficient (Wildman–Crippen LogP) is 0.231. The minimum absolute atomic E-state index is 0.0106. The lowest BCUT2D eigenvalue weighted by Gasteiger charge is -2.38. The molecule has 4 N–H and O–H groups in total. The lowest BCUT2D eigenvalue weighted by Crippen LogP contribution is -2.50. The van der Waals surface area contributed by atoms with E-state index in [1.165, 1.54) is 0 Å². The molecule has 0 aromatic carbocycles. The van der Waals surface area contributed by atoms with Gasteiger partial charge in [-0.1, -0.05) is 0 Å². The number of aromatic nitrogens is 1. The molecule has 1 saturated heterocycles. The predicted molar refractivity (Wildman–Crippen MR) is 65.6 cm³/mol. The Bertz CT molecular complexity index is 461. The molecule has 1 aromatic rings. The van der Waals surface area contributed by atoms with E-state index in [0.29, 0.717) is 6.61 Å². The number of ether oxygens (including phenoxy) is 1. The fourth-order valence-corrected chi connectivity index (χ4v) is 1.98. The van der Waals surface area contributed by atoms with Crippen molar-refractivity contribution in [3.63, 3.8) is 0 Å². The lowest BCUT2D eigenvalue weighted by atomic mass is 10.2. The lowest BCUT2D eigenvalue weighted by molar-refractivity contribution is -0.0107. The number of rotatable bonds is 3.